The summed E-state index contributed by atoms with van der Waals surface area (Å²) in [7, 11) is 3.86. The van der Waals surface area contributed by atoms with E-state index in [4.69, 9.17) is 23.7 Å². The Hall–Kier alpha value is -2.24. The van der Waals surface area contributed by atoms with Crippen LogP contribution in [-0.4, -0.2) is 105 Å². The van der Waals surface area contributed by atoms with Crippen LogP contribution >= 0.6 is 0 Å². The monoisotopic (exact) mass is 1090 g/mol. The summed E-state index contributed by atoms with van der Waals surface area (Å²) in [5, 5.41) is 0. The molecule has 0 bridgehead atoms. The van der Waals surface area contributed by atoms with E-state index in [1.807, 2.05) is 19.0 Å². The molecule has 11 heteroatoms. The minimum absolute atomic E-state index is 0.0823. The highest BCUT2D eigenvalue weighted by molar-refractivity contribution is 5.76. The molecule has 454 valence electrons. The smallest absolute Gasteiger partial charge is 0.323 e. The lowest BCUT2D eigenvalue weighted by molar-refractivity contribution is -0.259. The molecule has 11 nitrogen and oxygen atoms in total. The van der Waals surface area contributed by atoms with E-state index in [1.165, 1.54) is 161 Å². The van der Waals surface area contributed by atoms with Crippen molar-refractivity contribution in [3.63, 3.8) is 0 Å². The van der Waals surface area contributed by atoms with Gasteiger partial charge < -0.3 is 28.6 Å². The number of unbranched alkanes of at least 4 members (excludes halogenated alkanes) is 31. The Bertz CT molecular complexity index is 1350. The van der Waals surface area contributed by atoms with Crippen molar-refractivity contribution in [3.8, 4) is 0 Å². The van der Waals surface area contributed by atoms with Crippen LogP contribution in [0.1, 0.15) is 330 Å². The molecule has 0 N–H and O–H groups in total. The van der Waals surface area contributed by atoms with Crippen LogP contribution in [-0.2, 0) is 42.9 Å². The van der Waals surface area contributed by atoms with Crippen LogP contribution in [0.15, 0.2) is 0 Å². The molecule has 0 radical (unpaired) electrons. The van der Waals surface area contributed by atoms with Gasteiger partial charge in [0, 0.05) is 45.2 Å². The van der Waals surface area contributed by atoms with Crippen LogP contribution < -0.4 is 0 Å². The summed E-state index contributed by atoms with van der Waals surface area (Å²) in [6.07, 6.45) is 48.2. The van der Waals surface area contributed by atoms with Gasteiger partial charge in [-0.15, -0.1) is 0 Å². The molecule has 77 heavy (non-hydrogen) atoms. The van der Waals surface area contributed by atoms with Gasteiger partial charge in [-0.3, -0.25) is 24.1 Å². The van der Waals surface area contributed by atoms with Crippen LogP contribution in [0.2, 0.25) is 0 Å². The summed E-state index contributed by atoms with van der Waals surface area (Å²) in [4.78, 5) is 57.1. The highest BCUT2D eigenvalue weighted by atomic mass is 16.7. The van der Waals surface area contributed by atoms with Gasteiger partial charge in [0.2, 0.25) is 5.79 Å². The molecule has 0 aliphatic carbocycles. The molecule has 1 rings (SSSR count). The first-order valence-corrected chi connectivity index (χ1v) is 33.3. The van der Waals surface area contributed by atoms with Crippen molar-refractivity contribution >= 4 is 23.9 Å². The van der Waals surface area contributed by atoms with Gasteiger partial charge in [0.05, 0.1) is 25.7 Å². The maximum atomic E-state index is 14.1. The van der Waals surface area contributed by atoms with Gasteiger partial charge in [0.1, 0.15) is 12.1 Å². The number of esters is 4. The lowest BCUT2D eigenvalue weighted by atomic mass is 9.97. The predicted octanol–water partition coefficient (Wildman–Crippen LogP) is 17.9. The van der Waals surface area contributed by atoms with Gasteiger partial charge in [-0.2, -0.15) is 0 Å². The van der Waals surface area contributed by atoms with Crippen molar-refractivity contribution in [2.45, 2.75) is 354 Å². The molecule has 1 heterocycles. The van der Waals surface area contributed by atoms with Gasteiger partial charge in [-0.25, -0.2) is 0 Å². The number of likely N-dealkylation sites (tertiary alicyclic amines) is 1. The third-order valence-electron chi connectivity index (χ3n) is 15.8. The second kappa shape index (κ2) is 51.9. The molecular formula is C66H126N2O9. The average molecular weight is 1090 g/mol. The van der Waals surface area contributed by atoms with Crippen molar-refractivity contribution in [1.29, 1.82) is 0 Å². The molecule has 1 fully saturated rings. The van der Waals surface area contributed by atoms with Crippen LogP contribution in [0.25, 0.3) is 0 Å². The summed E-state index contributed by atoms with van der Waals surface area (Å²) >= 11 is 0. The van der Waals surface area contributed by atoms with Gasteiger partial charge in [-0.1, -0.05) is 234 Å². The summed E-state index contributed by atoms with van der Waals surface area (Å²) in [5.41, 5.74) is 0. The topological polar surface area (TPSA) is 121 Å². The number of carbonyl (C=O) groups is 4. The summed E-state index contributed by atoms with van der Waals surface area (Å²) in [6, 6.07) is -0.518. The largest absolute Gasteiger partial charge is 0.466 e. The molecule has 0 spiro atoms. The molecular weight excluding hydrogens is 965 g/mol. The predicted molar refractivity (Wildman–Crippen MR) is 320 cm³/mol. The van der Waals surface area contributed by atoms with Crippen LogP contribution in [0.4, 0.5) is 0 Å². The van der Waals surface area contributed by atoms with E-state index in [9.17, 15) is 19.2 Å². The maximum Gasteiger partial charge on any atom is 0.323 e. The molecule has 0 aromatic rings. The first-order chi connectivity index (χ1) is 37.5. The first kappa shape index (κ1) is 72.8. The Labute approximate surface area is 475 Å². The third kappa shape index (κ3) is 42.3. The second-order valence-corrected chi connectivity index (χ2v) is 23.7. The first-order valence-electron chi connectivity index (χ1n) is 33.3. The van der Waals surface area contributed by atoms with E-state index < -0.39 is 11.8 Å². The van der Waals surface area contributed by atoms with E-state index in [2.05, 4.69) is 39.5 Å². The normalized spacial score (nSPS) is 15.0. The minimum Gasteiger partial charge on any atom is -0.466 e. The molecule has 0 unspecified atom stereocenters. The average Bonchev–Trinajstić information content (AvgIpc) is 3.81. The molecule has 1 aliphatic heterocycles. The molecule has 2 atom stereocenters. The van der Waals surface area contributed by atoms with Gasteiger partial charge in [0.15, 0.2) is 0 Å². The number of hydrogen-bond acceptors (Lipinski definition) is 11. The van der Waals surface area contributed by atoms with Crippen LogP contribution in [0.3, 0.4) is 0 Å². The van der Waals surface area contributed by atoms with Crippen molar-refractivity contribution in [3.05, 3.63) is 0 Å². The van der Waals surface area contributed by atoms with Gasteiger partial charge in [-0.05, 0) is 78.4 Å². The molecule has 0 aromatic heterocycles. The molecule has 0 saturated carbocycles. The van der Waals surface area contributed by atoms with Gasteiger partial charge >= 0.3 is 23.9 Å². The Kier molecular flexibility index (Phi) is 49.0. The zero-order valence-corrected chi connectivity index (χ0v) is 51.9. The SMILES string of the molecule is CCCCCCCCCCCOC(=O)CCCCCN1C[C@@H](OC(=O)CCN(C)C)C[C@H]1C(=O)OCCCCC(=O)OC(CCCCCCCC)(CCCCCCCC)OC(CCCCCCCC)CCCCCCCC. The van der Waals surface area contributed by atoms with Crippen LogP contribution in [0, 0.1) is 0 Å². The summed E-state index contributed by atoms with van der Waals surface area (Å²) < 4.78 is 31.4. The fourth-order valence-electron chi connectivity index (χ4n) is 10.9. The Morgan fingerprint density at radius 1 is 0.468 bits per heavy atom. The summed E-state index contributed by atoms with van der Waals surface area (Å²) in [6.45, 7) is 13.7. The second-order valence-electron chi connectivity index (χ2n) is 23.7. The number of ether oxygens (including phenoxy) is 5. The molecule has 0 aromatic carbocycles. The van der Waals surface area contributed by atoms with E-state index in [-0.39, 0.29) is 49.1 Å². The fraction of sp³-hybridized carbons (Fsp3) is 0.939. The van der Waals surface area contributed by atoms with E-state index >= 15 is 0 Å². The van der Waals surface area contributed by atoms with Crippen molar-refractivity contribution in [1.82, 2.24) is 9.80 Å². The zero-order chi connectivity index (χ0) is 56.3. The Morgan fingerprint density at radius 2 is 0.883 bits per heavy atom. The number of rotatable bonds is 57. The van der Waals surface area contributed by atoms with Crippen molar-refractivity contribution in [2.75, 3.05) is 46.9 Å². The van der Waals surface area contributed by atoms with Crippen LogP contribution in [0.5, 0.6) is 0 Å². The van der Waals surface area contributed by atoms with Crippen molar-refractivity contribution in [2.24, 2.45) is 0 Å². The number of carbonyl (C=O) groups excluding carboxylic acids is 4. The molecule has 1 saturated heterocycles. The Morgan fingerprint density at radius 3 is 1.39 bits per heavy atom. The Balaban J connectivity index is 2.96. The minimum atomic E-state index is -0.914. The highest BCUT2D eigenvalue weighted by Gasteiger charge is 2.40. The lowest BCUT2D eigenvalue weighted by Gasteiger charge is -2.37. The molecule has 0 amide bonds. The maximum absolute atomic E-state index is 14.1. The van der Waals surface area contributed by atoms with Gasteiger partial charge in [0.25, 0.3) is 0 Å². The van der Waals surface area contributed by atoms with Crippen molar-refractivity contribution < 1.29 is 42.9 Å². The van der Waals surface area contributed by atoms with E-state index in [0.29, 0.717) is 58.3 Å². The fourth-order valence-corrected chi connectivity index (χ4v) is 10.9. The summed E-state index contributed by atoms with van der Waals surface area (Å²) in [5.74, 6) is -1.83. The highest BCUT2D eigenvalue weighted by Crippen LogP contribution is 2.34. The quantitative estimate of drug-likeness (QED) is 0.0250. The third-order valence-corrected chi connectivity index (χ3v) is 15.8. The molecule has 1 aliphatic rings. The number of hydrogen-bond donors (Lipinski definition) is 0. The number of nitrogens with zero attached hydrogens (tertiary/aromatic N) is 2. The lowest BCUT2D eigenvalue weighted by Crippen LogP contribution is -2.42. The van der Waals surface area contributed by atoms with E-state index in [0.717, 1.165) is 96.3 Å². The van der Waals surface area contributed by atoms with E-state index in [1.54, 1.807) is 0 Å². The zero-order valence-electron chi connectivity index (χ0n) is 51.9. The standard InChI is InChI=1S/C66H126N2O9/c1-8-13-18-23-28-29-30-35-44-55-73-62(69)48-39-36-43-53-68-58-60(75-63(70)50-54-67(6)7)57-61(68)65(72)74-56-45-40-49-64(71)77-66(51-41-33-26-21-16-11-4,52-42-34-27-22-17-12-5)76-59(46-37-31-24-19-14-9-2)47-38-32-25-20-15-10-3/h59-61H,8-58H2,1-7H3/t60-,61-/m0/s1.